The predicted molar refractivity (Wildman–Crippen MR) is 163 cm³/mol. The van der Waals surface area contributed by atoms with E-state index >= 15 is 0 Å². The molecule has 1 heterocycles. The van der Waals surface area contributed by atoms with Crippen molar-refractivity contribution in [1.29, 1.82) is 0 Å². The number of ether oxygens (including phenoxy) is 2. The molecule has 9 nitrogen and oxygen atoms in total. The Hall–Kier alpha value is -3.11. The largest absolute Gasteiger partial charge is 0.462 e. The van der Waals surface area contributed by atoms with Crippen LogP contribution in [0.5, 0.6) is 5.75 Å². The number of amides is 1. The van der Waals surface area contributed by atoms with Crippen molar-refractivity contribution < 1.29 is 39.2 Å². The maximum atomic E-state index is 12.8. The lowest BCUT2D eigenvalue weighted by atomic mass is 10.0. The number of aliphatic hydroxyl groups is 3. The van der Waals surface area contributed by atoms with E-state index in [1.807, 2.05) is 35.2 Å². The van der Waals surface area contributed by atoms with Crippen LogP contribution in [0, 0.1) is 0 Å². The van der Waals surface area contributed by atoms with E-state index in [0.29, 0.717) is 31.7 Å². The molecule has 1 fully saturated rings. The highest BCUT2D eigenvalue weighted by atomic mass is 16.7. The summed E-state index contributed by atoms with van der Waals surface area (Å²) in [6, 6.07) is 16.2. The molecule has 0 bridgehead atoms. The number of unbranched alkanes of at least 4 members (excludes halogenated alkanes) is 5. The first-order valence-electron chi connectivity index (χ1n) is 15.6. The first kappa shape index (κ1) is 34.4. The maximum Gasteiger partial charge on any atom is 0.228 e. The number of ketones is 2. The Bertz CT molecular complexity index is 1120. The van der Waals surface area contributed by atoms with Crippen LogP contribution in [0.3, 0.4) is 0 Å². The van der Waals surface area contributed by atoms with Crippen molar-refractivity contribution in [3.05, 3.63) is 65.7 Å². The lowest BCUT2D eigenvalue weighted by Crippen LogP contribution is -2.54. The monoisotopic (exact) mass is 597 g/mol. The minimum atomic E-state index is -1.39. The first-order valence-corrected chi connectivity index (χ1v) is 15.6. The average Bonchev–Trinajstić information content (AvgIpc) is 3.02. The van der Waals surface area contributed by atoms with Gasteiger partial charge in [-0.15, -0.1) is 0 Å². The van der Waals surface area contributed by atoms with Gasteiger partial charge in [0, 0.05) is 44.3 Å². The van der Waals surface area contributed by atoms with E-state index < -0.39 is 24.6 Å². The number of rotatable bonds is 19. The molecular formula is C34H47NO8. The van der Waals surface area contributed by atoms with E-state index in [9.17, 15) is 29.7 Å². The molecule has 1 amide bonds. The summed E-state index contributed by atoms with van der Waals surface area (Å²) in [5.74, 6) is 0.709. The van der Waals surface area contributed by atoms with E-state index in [-0.39, 0.29) is 36.9 Å². The van der Waals surface area contributed by atoms with Gasteiger partial charge in [0.05, 0.1) is 6.61 Å². The Morgan fingerprint density at radius 2 is 1.51 bits per heavy atom. The minimum Gasteiger partial charge on any atom is -0.462 e. The molecule has 236 valence electrons. The standard InChI is InChI=1S/C34H47NO8/c1-2-3-15-31(39)35(21-11-6-4-5-10-14-29(37)26-12-8-7-9-13-26)22-20-27(36)23-25-16-18-28(19-17-25)43-34-33(41)32(40)30(38)24-42-34/h7-9,12-13,16-19,30,32-34,38,40-41H,2-6,10-11,14-15,20-24H2,1H3. The summed E-state index contributed by atoms with van der Waals surface area (Å²) in [4.78, 5) is 39.7. The van der Waals surface area contributed by atoms with E-state index in [2.05, 4.69) is 6.92 Å². The van der Waals surface area contributed by atoms with Crippen molar-refractivity contribution in [3.63, 3.8) is 0 Å². The predicted octanol–water partition coefficient (Wildman–Crippen LogP) is 4.25. The van der Waals surface area contributed by atoms with Gasteiger partial charge in [0.25, 0.3) is 0 Å². The smallest absolute Gasteiger partial charge is 0.228 e. The van der Waals surface area contributed by atoms with Crippen molar-refractivity contribution >= 4 is 17.5 Å². The molecule has 3 rings (SSSR count). The summed E-state index contributed by atoms with van der Waals surface area (Å²) in [5, 5.41) is 29.4. The quantitative estimate of drug-likeness (QED) is 0.162. The molecule has 0 radical (unpaired) electrons. The molecule has 0 spiro atoms. The second-order valence-corrected chi connectivity index (χ2v) is 11.3. The van der Waals surface area contributed by atoms with Crippen LogP contribution in [-0.2, 0) is 20.7 Å². The zero-order valence-electron chi connectivity index (χ0n) is 25.2. The topological polar surface area (TPSA) is 134 Å². The lowest BCUT2D eigenvalue weighted by molar-refractivity contribution is -0.242. The zero-order valence-corrected chi connectivity index (χ0v) is 25.2. The fourth-order valence-electron chi connectivity index (χ4n) is 5.01. The van der Waals surface area contributed by atoms with Gasteiger partial charge in [-0.05, 0) is 37.0 Å². The third-order valence-electron chi connectivity index (χ3n) is 7.72. The fourth-order valence-corrected chi connectivity index (χ4v) is 5.01. The molecule has 9 heteroatoms. The molecule has 2 aromatic carbocycles. The number of carbonyl (C=O) groups is 3. The Kier molecular flexibility index (Phi) is 14.8. The molecule has 0 aromatic heterocycles. The average molecular weight is 598 g/mol. The highest BCUT2D eigenvalue weighted by Gasteiger charge is 2.39. The molecule has 4 unspecified atom stereocenters. The van der Waals surface area contributed by atoms with Gasteiger partial charge in [-0.2, -0.15) is 0 Å². The van der Waals surface area contributed by atoms with Gasteiger partial charge in [-0.3, -0.25) is 14.4 Å². The van der Waals surface area contributed by atoms with E-state index in [4.69, 9.17) is 9.47 Å². The van der Waals surface area contributed by atoms with Crippen molar-refractivity contribution in [2.75, 3.05) is 19.7 Å². The van der Waals surface area contributed by atoms with Crippen molar-refractivity contribution in [2.24, 2.45) is 0 Å². The third-order valence-corrected chi connectivity index (χ3v) is 7.72. The summed E-state index contributed by atoms with van der Waals surface area (Å²) >= 11 is 0. The van der Waals surface area contributed by atoms with Crippen LogP contribution in [0.2, 0.25) is 0 Å². The Morgan fingerprint density at radius 3 is 2.23 bits per heavy atom. The molecule has 3 N–H and O–H groups in total. The van der Waals surface area contributed by atoms with Crippen LogP contribution in [0.25, 0.3) is 0 Å². The highest BCUT2D eigenvalue weighted by molar-refractivity contribution is 5.95. The van der Waals surface area contributed by atoms with Crippen molar-refractivity contribution in [2.45, 2.75) is 102 Å². The van der Waals surface area contributed by atoms with Crippen LogP contribution in [0.15, 0.2) is 54.6 Å². The van der Waals surface area contributed by atoms with Crippen molar-refractivity contribution in [3.8, 4) is 5.75 Å². The van der Waals surface area contributed by atoms with Crippen LogP contribution in [-0.4, -0.2) is 82.0 Å². The van der Waals surface area contributed by atoms with Gasteiger partial charge in [0.1, 0.15) is 29.8 Å². The first-order chi connectivity index (χ1) is 20.8. The van der Waals surface area contributed by atoms with Crippen LogP contribution in [0.4, 0.5) is 0 Å². The number of carbonyl (C=O) groups excluding carboxylic acids is 3. The number of Topliss-reactive ketones (excluding diaryl/α,β-unsaturated/α-hetero) is 2. The molecule has 4 atom stereocenters. The molecule has 0 aliphatic carbocycles. The van der Waals surface area contributed by atoms with Gasteiger partial charge in [0.15, 0.2) is 5.78 Å². The lowest BCUT2D eigenvalue weighted by Gasteiger charge is -2.34. The maximum absolute atomic E-state index is 12.8. The molecule has 2 aromatic rings. The Balaban J connectivity index is 1.37. The Morgan fingerprint density at radius 1 is 0.814 bits per heavy atom. The summed E-state index contributed by atoms with van der Waals surface area (Å²) in [6.07, 6.45) is 2.98. The normalized spacial score (nSPS) is 20.0. The molecule has 1 saturated heterocycles. The fraction of sp³-hybridized carbons (Fsp3) is 0.559. The second-order valence-electron chi connectivity index (χ2n) is 11.3. The highest BCUT2D eigenvalue weighted by Crippen LogP contribution is 2.21. The minimum absolute atomic E-state index is 0.0354. The third kappa shape index (κ3) is 11.8. The van der Waals surface area contributed by atoms with E-state index in [0.717, 1.165) is 56.1 Å². The summed E-state index contributed by atoms with van der Waals surface area (Å²) in [6.45, 7) is 2.94. The molecule has 43 heavy (non-hydrogen) atoms. The van der Waals surface area contributed by atoms with E-state index in [1.54, 1.807) is 24.3 Å². The van der Waals surface area contributed by atoms with Gasteiger partial charge in [-0.25, -0.2) is 0 Å². The van der Waals surface area contributed by atoms with Crippen LogP contribution in [0.1, 0.15) is 87.1 Å². The SMILES string of the molecule is CCCCC(=O)N(CCCCCCCC(=O)c1ccccc1)CCC(=O)Cc1ccc(OC2OCC(O)C(O)C2O)cc1. The number of nitrogens with zero attached hydrogens (tertiary/aromatic N) is 1. The van der Waals surface area contributed by atoms with Crippen molar-refractivity contribution in [1.82, 2.24) is 4.90 Å². The second kappa shape index (κ2) is 18.5. The van der Waals surface area contributed by atoms with Gasteiger partial charge in [0.2, 0.25) is 12.2 Å². The molecular weight excluding hydrogens is 550 g/mol. The van der Waals surface area contributed by atoms with Gasteiger partial charge >= 0.3 is 0 Å². The van der Waals surface area contributed by atoms with Crippen LogP contribution < -0.4 is 4.74 Å². The Labute approximate surface area is 254 Å². The van der Waals surface area contributed by atoms with Gasteiger partial charge < -0.3 is 29.7 Å². The molecule has 1 aliphatic heterocycles. The molecule has 1 aliphatic rings. The van der Waals surface area contributed by atoms with Gasteiger partial charge in [-0.1, -0.05) is 75.1 Å². The zero-order chi connectivity index (χ0) is 31.0. The van der Waals surface area contributed by atoms with Crippen LogP contribution >= 0.6 is 0 Å². The number of hydrogen-bond donors (Lipinski definition) is 3. The molecule has 0 saturated carbocycles. The summed E-state index contributed by atoms with van der Waals surface area (Å²) in [7, 11) is 0. The van der Waals surface area contributed by atoms with E-state index in [1.165, 1.54) is 0 Å². The summed E-state index contributed by atoms with van der Waals surface area (Å²) < 4.78 is 10.9. The number of aliphatic hydroxyl groups excluding tert-OH is 3. The number of hydrogen-bond acceptors (Lipinski definition) is 8. The summed E-state index contributed by atoms with van der Waals surface area (Å²) in [5.41, 5.74) is 1.56. The number of benzene rings is 2.